The maximum Gasteiger partial charge on any atom is 0.231 e. The molecular weight excluding hydrogens is 184 g/mol. The second-order valence-corrected chi connectivity index (χ2v) is 3.22. The van der Waals surface area contributed by atoms with Crippen LogP contribution in [0.25, 0.3) is 0 Å². The molecule has 0 unspecified atom stereocenters. The molecule has 0 radical (unpaired) electrons. The number of hydrogen-bond acceptors (Lipinski definition) is 4. The van der Waals surface area contributed by atoms with Crippen LogP contribution in [0.5, 0.6) is 17.2 Å². The van der Waals surface area contributed by atoms with Crippen LogP contribution >= 0.6 is 0 Å². The van der Waals surface area contributed by atoms with E-state index in [1.54, 1.807) is 6.07 Å². The molecule has 1 aromatic rings. The first-order chi connectivity index (χ1) is 6.90. The number of carbonyl (C=O) groups excluding carboxylic acids is 1. The summed E-state index contributed by atoms with van der Waals surface area (Å²) in [5.41, 5.74) is 1.50. The van der Waals surface area contributed by atoms with Gasteiger partial charge < -0.3 is 14.2 Å². The highest BCUT2D eigenvalue weighted by molar-refractivity contribution is 5.83. The van der Waals surface area contributed by atoms with Gasteiger partial charge in [0.15, 0.2) is 17.8 Å². The van der Waals surface area contributed by atoms with Gasteiger partial charge in [0.05, 0.1) is 12.2 Å². The summed E-state index contributed by atoms with van der Waals surface area (Å²) < 4.78 is 15.9. The van der Waals surface area contributed by atoms with Gasteiger partial charge in [0.1, 0.15) is 5.75 Å². The average Bonchev–Trinajstić information content (AvgIpc) is 2.83. The normalized spacial score (nSPS) is 16.3. The second-order valence-electron chi connectivity index (χ2n) is 3.22. The Bertz CT molecular complexity index is 411. The highest BCUT2D eigenvalue weighted by atomic mass is 16.7. The van der Waals surface area contributed by atoms with Gasteiger partial charge in [-0.25, -0.2) is 0 Å². The van der Waals surface area contributed by atoms with Crippen molar-refractivity contribution in [1.82, 2.24) is 0 Å². The molecule has 1 aromatic carbocycles. The Morgan fingerprint density at radius 1 is 1.21 bits per heavy atom. The predicted octanol–water partition coefficient (Wildman–Crippen LogP) is 1.16. The van der Waals surface area contributed by atoms with Crippen LogP contribution < -0.4 is 14.2 Å². The van der Waals surface area contributed by atoms with E-state index in [0.29, 0.717) is 23.7 Å². The quantitative estimate of drug-likeness (QED) is 0.626. The molecular formula is C10H8O4. The summed E-state index contributed by atoms with van der Waals surface area (Å²) in [7, 11) is 0. The molecule has 0 saturated heterocycles. The third kappa shape index (κ3) is 0.852. The molecule has 4 heteroatoms. The van der Waals surface area contributed by atoms with Crippen LogP contribution in [-0.4, -0.2) is 19.7 Å². The van der Waals surface area contributed by atoms with Crippen LogP contribution in [0, 0.1) is 0 Å². The molecule has 0 spiro atoms. The monoisotopic (exact) mass is 192 g/mol. The zero-order chi connectivity index (χ0) is 9.54. The number of aldehydes is 1. The summed E-state index contributed by atoms with van der Waals surface area (Å²) in [6.45, 7) is 0.833. The number of ether oxygens (including phenoxy) is 3. The zero-order valence-electron chi connectivity index (χ0n) is 7.41. The van der Waals surface area contributed by atoms with Gasteiger partial charge in [-0.2, -0.15) is 0 Å². The fourth-order valence-electron chi connectivity index (χ4n) is 1.86. The van der Waals surface area contributed by atoms with Gasteiger partial charge in [-0.15, -0.1) is 0 Å². The van der Waals surface area contributed by atoms with Crippen molar-refractivity contribution < 1.29 is 19.0 Å². The van der Waals surface area contributed by atoms with E-state index >= 15 is 0 Å². The third-order valence-electron chi connectivity index (χ3n) is 2.46. The number of benzene rings is 1. The maximum absolute atomic E-state index is 10.8. The summed E-state index contributed by atoms with van der Waals surface area (Å²) in [6.07, 6.45) is 1.56. The van der Waals surface area contributed by atoms with Gasteiger partial charge in [-0.3, -0.25) is 4.79 Å². The van der Waals surface area contributed by atoms with E-state index in [1.165, 1.54) is 0 Å². The molecule has 0 N–H and O–H groups in total. The fraction of sp³-hybridized carbons (Fsp3) is 0.300. The predicted molar refractivity (Wildman–Crippen MR) is 47.2 cm³/mol. The molecule has 2 aliphatic heterocycles. The van der Waals surface area contributed by atoms with E-state index in [2.05, 4.69) is 0 Å². The van der Waals surface area contributed by atoms with Gasteiger partial charge in [-0.1, -0.05) is 0 Å². The summed E-state index contributed by atoms with van der Waals surface area (Å²) in [5.74, 6) is 2.05. The number of hydrogen-bond donors (Lipinski definition) is 0. The van der Waals surface area contributed by atoms with Crippen LogP contribution in [0.1, 0.15) is 15.9 Å². The number of carbonyl (C=O) groups is 1. The standard InChI is InChI=1S/C10H8O4/c11-4-6-3-8-10(14-5-13-8)7-1-2-12-9(6)7/h3-4H,1-2,5H2. The molecule has 0 aliphatic carbocycles. The van der Waals surface area contributed by atoms with Crippen LogP contribution in [0.3, 0.4) is 0 Å². The number of rotatable bonds is 1. The van der Waals surface area contributed by atoms with Gasteiger partial charge in [0, 0.05) is 12.0 Å². The van der Waals surface area contributed by atoms with Gasteiger partial charge in [0.25, 0.3) is 0 Å². The topological polar surface area (TPSA) is 44.8 Å². The Morgan fingerprint density at radius 3 is 3.00 bits per heavy atom. The van der Waals surface area contributed by atoms with Gasteiger partial charge >= 0.3 is 0 Å². The second kappa shape index (κ2) is 2.64. The summed E-state index contributed by atoms with van der Waals surface area (Å²) in [6, 6.07) is 1.67. The molecule has 0 atom stereocenters. The van der Waals surface area contributed by atoms with Gasteiger partial charge in [-0.05, 0) is 6.07 Å². The van der Waals surface area contributed by atoms with Crippen LogP contribution in [0.15, 0.2) is 6.07 Å². The lowest BCUT2D eigenvalue weighted by molar-refractivity contribution is 0.112. The molecule has 4 nitrogen and oxygen atoms in total. The van der Waals surface area contributed by atoms with Crippen LogP contribution in [0.2, 0.25) is 0 Å². The minimum atomic E-state index is 0.226. The molecule has 3 rings (SSSR count). The van der Waals surface area contributed by atoms with Crippen molar-refractivity contribution in [2.45, 2.75) is 6.42 Å². The van der Waals surface area contributed by atoms with E-state index in [4.69, 9.17) is 14.2 Å². The van der Waals surface area contributed by atoms with E-state index in [-0.39, 0.29) is 6.79 Å². The van der Waals surface area contributed by atoms with E-state index < -0.39 is 0 Å². The zero-order valence-corrected chi connectivity index (χ0v) is 7.41. The molecule has 0 amide bonds. The smallest absolute Gasteiger partial charge is 0.231 e. The lowest BCUT2D eigenvalue weighted by atomic mass is 10.1. The molecule has 2 heterocycles. The van der Waals surface area contributed by atoms with E-state index in [0.717, 1.165) is 24.0 Å². The Balaban J connectivity index is 2.28. The molecule has 0 saturated carbocycles. The SMILES string of the molecule is O=Cc1cc2c(c3c1OCC3)OCO2. The lowest BCUT2D eigenvalue weighted by Gasteiger charge is -2.05. The Labute approximate surface area is 80.4 Å². The van der Waals surface area contributed by atoms with Crippen molar-refractivity contribution in [3.05, 3.63) is 17.2 Å². The third-order valence-corrected chi connectivity index (χ3v) is 2.46. The van der Waals surface area contributed by atoms with Gasteiger partial charge in [0.2, 0.25) is 6.79 Å². The summed E-state index contributed by atoms with van der Waals surface area (Å²) in [4.78, 5) is 10.8. The highest BCUT2D eigenvalue weighted by Crippen LogP contribution is 2.45. The minimum Gasteiger partial charge on any atom is -0.492 e. The molecule has 0 fully saturated rings. The Morgan fingerprint density at radius 2 is 2.14 bits per heavy atom. The fourth-order valence-corrected chi connectivity index (χ4v) is 1.86. The first-order valence-electron chi connectivity index (χ1n) is 4.43. The van der Waals surface area contributed by atoms with Crippen molar-refractivity contribution in [2.24, 2.45) is 0 Å². The van der Waals surface area contributed by atoms with Crippen molar-refractivity contribution in [3.8, 4) is 17.2 Å². The minimum absolute atomic E-state index is 0.226. The van der Waals surface area contributed by atoms with Crippen molar-refractivity contribution in [3.63, 3.8) is 0 Å². The lowest BCUT2D eigenvalue weighted by Crippen LogP contribution is -1.94. The van der Waals surface area contributed by atoms with E-state index in [9.17, 15) is 4.79 Å². The largest absolute Gasteiger partial charge is 0.492 e. The number of fused-ring (bicyclic) bond motifs is 3. The highest BCUT2D eigenvalue weighted by Gasteiger charge is 2.28. The summed E-state index contributed by atoms with van der Waals surface area (Å²) in [5, 5.41) is 0. The van der Waals surface area contributed by atoms with E-state index in [1.807, 2.05) is 0 Å². The first-order valence-corrected chi connectivity index (χ1v) is 4.43. The van der Waals surface area contributed by atoms with Crippen LogP contribution in [-0.2, 0) is 6.42 Å². The average molecular weight is 192 g/mol. The molecule has 2 aliphatic rings. The summed E-state index contributed by atoms with van der Waals surface area (Å²) >= 11 is 0. The Kier molecular flexibility index (Phi) is 1.45. The molecule has 0 aromatic heterocycles. The van der Waals surface area contributed by atoms with Crippen LogP contribution in [0.4, 0.5) is 0 Å². The molecule has 72 valence electrons. The Hall–Kier alpha value is -1.71. The molecule has 0 bridgehead atoms. The van der Waals surface area contributed by atoms with Crippen molar-refractivity contribution in [1.29, 1.82) is 0 Å². The van der Waals surface area contributed by atoms with Crippen molar-refractivity contribution >= 4 is 6.29 Å². The van der Waals surface area contributed by atoms with Crippen molar-refractivity contribution in [2.75, 3.05) is 13.4 Å². The molecule has 14 heavy (non-hydrogen) atoms. The maximum atomic E-state index is 10.8. The first kappa shape index (κ1) is 7.67.